The summed E-state index contributed by atoms with van der Waals surface area (Å²) in [4.78, 5) is 37.6. The maximum atomic E-state index is 12.9. The molecule has 1 heterocycles. The van der Waals surface area contributed by atoms with E-state index in [2.05, 4.69) is 0 Å². The molecule has 0 radical (unpaired) electrons. The Kier molecular flexibility index (Phi) is 7.52. The third-order valence-electron chi connectivity index (χ3n) is 4.58. The van der Waals surface area contributed by atoms with E-state index in [1.165, 1.54) is 0 Å². The summed E-state index contributed by atoms with van der Waals surface area (Å²) in [5.74, 6) is -2.56. The van der Waals surface area contributed by atoms with Crippen molar-refractivity contribution in [3.8, 4) is 0 Å². The van der Waals surface area contributed by atoms with E-state index < -0.39 is 29.6 Å². The molecular weight excluding hydrogens is 296 g/mol. The molecule has 0 aromatic heterocycles. The van der Waals surface area contributed by atoms with E-state index in [-0.39, 0.29) is 18.4 Å². The minimum absolute atomic E-state index is 0.109. The zero-order valence-corrected chi connectivity index (χ0v) is 14.5. The number of piperidine rings is 1. The number of nitrogens with zero attached hydrogens (tertiary/aromatic N) is 1. The molecule has 6 nitrogen and oxygen atoms in total. The molecule has 1 aliphatic rings. The highest BCUT2D eigenvalue weighted by atomic mass is 16.4. The standard InChI is InChI=1S/C17H30N2O4/c1-4-6-13(15(18)20)14(9-11(2)3)16(21)19-8-5-7-12(10-19)17(22)23/h11-14H,4-10H2,1-3H3,(H2,18,20)(H,22,23)/t12?,13-,14?/m0/s1. The van der Waals surface area contributed by atoms with Gasteiger partial charge >= 0.3 is 5.97 Å². The summed E-state index contributed by atoms with van der Waals surface area (Å²) < 4.78 is 0. The fraction of sp³-hybridized carbons (Fsp3) is 0.824. The molecule has 1 saturated heterocycles. The number of amides is 2. The van der Waals surface area contributed by atoms with Gasteiger partial charge in [-0.05, 0) is 31.6 Å². The van der Waals surface area contributed by atoms with Crippen LogP contribution in [0.3, 0.4) is 0 Å². The number of carbonyl (C=O) groups excluding carboxylic acids is 2. The van der Waals surface area contributed by atoms with Crippen molar-refractivity contribution in [3.05, 3.63) is 0 Å². The minimum atomic E-state index is -0.858. The van der Waals surface area contributed by atoms with Crippen LogP contribution in [0.15, 0.2) is 0 Å². The average molecular weight is 326 g/mol. The van der Waals surface area contributed by atoms with Crippen LogP contribution < -0.4 is 5.73 Å². The molecule has 0 aliphatic carbocycles. The monoisotopic (exact) mass is 326 g/mol. The lowest BCUT2D eigenvalue weighted by molar-refractivity contribution is -0.149. The van der Waals surface area contributed by atoms with E-state index in [4.69, 9.17) is 5.73 Å². The summed E-state index contributed by atoms with van der Waals surface area (Å²) in [6.45, 7) is 6.80. The Morgan fingerprint density at radius 2 is 1.91 bits per heavy atom. The molecule has 2 amide bonds. The highest BCUT2D eigenvalue weighted by Gasteiger charge is 2.37. The van der Waals surface area contributed by atoms with Gasteiger partial charge in [0.25, 0.3) is 0 Å². The van der Waals surface area contributed by atoms with Crippen molar-refractivity contribution in [3.63, 3.8) is 0 Å². The van der Waals surface area contributed by atoms with Crippen molar-refractivity contribution in [2.75, 3.05) is 13.1 Å². The van der Waals surface area contributed by atoms with Crippen LogP contribution in [-0.4, -0.2) is 40.9 Å². The predicted octanol–water partition coefficient (Wildman–Crippen LogP) is 1.87. The van der Waals surface area contributed by atoms with Crippen LogP contribution in [0.1, 0.15) is 52.9 Å². The summed E-state index contributed by atoms with van der Waals surface area (Å²) in [6.07, 6.45) is 3.26. The summed E-state index contributed by atoms with van der Waals surface area (Å²) in [6, 6.07) is 0. The SMILES string of the molecule is CCC[C@H](C(N)=O)C(CC(C)C)C(=O)N1CCCC(C(=O)O)C1. The van der Waals surface area contributed by atoms with E-state index in [0.717, 1.165) is 6.42 Å². The number of carboxylic acids is 1. The lowest BCUT2D eigenvalue weighted by Gasteiger charge is -2.35. The van der Waals surface area contributed by atoms with Gasteiger partial charge in [-0.15, -0.1) is 0 Å². The number of aliphatic carboxylic acids is 1. The van der Waals surface area contributed by atoms with Crippen LogP contribution in [0, 0.1) is 23.7 Å². The van der Waals surface area contributed by atoms with Crippen molar-refractivity contribution in [1.82, 2.24) is 4.90 Å². The number of carboxylic acid groups (broad SMARTS) is 1. The number of carbonyl (C=O) groups is 3. The Balaban J connectivity index is 2.93. The molecule has 23 heavy (non-hydrogen) atoms. The van der Waals surface area contributed by atoms with E-state index in [0.29, 0.717) is 32.2 Å². The number of primary amides is 1. The van der Waals surface area contributed by atoms with E-state index in [1.54, 1.807) is 4.90 Å². The van der Waals surface area contributed by atoms with Crippen LogP contribution in [0.2, 0.25) is 0 Å². The van der Waals surface area contributed by atoms with Gasteiger partial charge in [0, 0.05) is 24.9 Å². The van der Waals surface area contributed by atoms with Gasteiger partial charge in [-0.25, -0.2) is 0 Å². The zero-order chi connectivity index (χ0) is 17.6. The van der Waals surface area contributed by atoms with Crippen LogP contribution in [-0.2, 0) is 14.4 Å². The Hall–Kier alpha value is -1.59. The van der Waals surface area contributed by atoms with Gasteiger partial charge in [0.15, 0.2) is 0 Å². The normalized spacial score (nSPS) is 21.0. The molecule has 132 valence electrons. The molecular formula is C17H30N2O4. The van der Waals surface area contributed by atoms with Crippen molar-refractivity contribution in [1.29, 1.82) is 0 Å². The fourth-order valence-corrected chi connectivity index (χ4v) is 3.41. The second kappa shape index (κ2) is 8.89. The Bertz CT molecular complexity index is 436. The summed E-state index contributed by atoms with van der Waals surface area (Å²) in [5, 5.41) is 9.19. The smallest absolute Gasteiger partial charge is 0.308 e. The summed E-state index contributed by atoms with van der Waals surface area (Å²) in [7, 11) is 0. The number of hydrogen-bond donors (Lipinski definition) is 2. The highest BCUT2D eigenvalue weighted by molar-refractivity contribution is 5.87. The summed E-state index contributed by atoms with van der Waals surface area (Å²) in [5.41, 5.74) is 5.54. The fourth-order valence-electron chi connectivity index (χ4n) is 3.41. The van der Waals surface area contributed by atoms with Crippen molar-refractivity contribution >= 4 is 17.8 Å². The Morgan fingerprint density at radius 3 is 2.39 bits per heavy atom. The molecule has 3 atom stereocenters. The molecule has 6 heteroatoms. The maximum Gasteiger partial charge on any atom is 0.308 e. The lowest BCUT2D eigenvalue weighted by Crippen LogP contribution is -2.48. The minimum Gasteiger partial charge on any atom is -0.481 e. The molecule has 0 bridgehead atoms. The number of nitrogens with two attached hydrogens (primary N) is 1. The Labute approximate surface area is 138 Å². The number of hydrogen-bond acceptors (Lipinski definition) is 3. The van der Waals surface area contributed by atoms with Gasteiger partial charge in [0.1, 0.15) is 0 Å². The third-order valence-corrected chi connectivity index (χ3v) is 4.58. The molecule has 1 aliphatic heterocycles. The van der Waals surface area contributed by atoms with Crippen molar-refractivity contribution in [2.45, 2.75) is 52.9 Å². The average Bonchev–Trinajstić information content (AvgIpc) is 2.49. The number of likely N-dealkylation sites (tertiary alicyclic amines) is 1. The number of rotatable bonds is 8. The van der Waals surface area contributed by atoms with E-state index in [1.807, 2.05) is 20.8 Å². The molecule has 0 spiro atoms. The van der Waals surface area contributed by atoms with Gasteiger partial charge in [0.05, 0.1) is 5.92 Å². The van der Waals surface area contributed by atoms with Crippen LogP contribution in [0.25, 0.3) is 0 Å². The molecule has 0 saturated carbocycles. The predicted molar refractivity (Wildman–Crippen MR) is 87.5 cm³/mol. The first-order chi connectivity index (χ1) is 10.8. The first kappa shape index (κ1) is 19.5. The maximum absolute atomic E-state index is 12.9. The van der Waals surface area contributed by atoms with E-state index in [9.17, 15) is 19.5 Å². The second-order valence-corrected chi connectivity index (χ2v) is 7.00. The van der Waals surface area contributed by atoms with Gasteiger partial charge in [0.2, 0.25) is 11.8 Å². The van der Waals surface area contributed by atoms with Crippen molar-refractivity contribution < 1.29 is 19.5 Å². The molecule has 2 unspecified atom stereocenters. The highest BCUT2D eigenvalue weighted by Crippen LogP contribution is 2.29. The van der Waals surface area contributed by atoms with Gasteiger partial charge in [-0.3, -0.25) is 14.4 Å². The molecule has 0 aromatic rings. The van der Waals surface area contributed by atoms with Crippen molar-refractivity contribution in [2.24, 2.45) is 29.4 Å². The van der Waals surface area contributed by atoms with Gasteiger partial charge < -0.3 is 15.7 Å². The molecule has 0 aromatic carbocycles. The molecule has 3 N–H and O–H groups in total. The first-order valence-corrected chi connectivity index (χ1v) is 8.58. The lowest BCUT2D eigenvalue weighted by atomic mass is 9.80. The van der Waals surface area contributed by atoms with Gasteiger partial charge in [-0.2, -0.15) is 0 Å². The third kappa shape index (κ3) is 5.52. The van der Waals surface area contributed by atoms with Crippen LogP contribution >= 0.6 is 0 Å². The molecule has 1 fully saturated rings. The van der Waals surface area contributed by atoms with Gasteiger partial charge in [-0.1, -0.05) is 27.2 Å². The van der Waals surface area contributed by atoms with Crippen LogP contribution in [0.4, 0.5) is 0 Å². The quantitative estimate of drug-likeness (QED) is 0.711. The largest absolute Gasteiger partial charge is 0.481 e. The topological polar surface area (TPSA) is 101 Å². The second-order valence-electron chi connectivity index (χ2n) is 7.00. The first-order valence-electron chi connectivity index (χ1n) is 8.58. The van der Waals surface area contributed by atoms with Crippen LogP contribution in [0.5, 0.6) is 0 Å². The molecule has 1 rings (SSSR count). The summed E-state index contributed by atoms with van der Waals surface area (Å²) >= 11 is 0. The zero-order valence-electron chi connectivity index (χ0n) is 14.5. The Morgan fingerprint density at radius 1 is 1.26 bits per heavy atom. The van der Waals surface area contributed by atoms with E-state index >= 15 is 0 Å².